The van der Waals surface area contributed by atoms with E-state index in [0.29, 0.717) is 12.0 Å². The Morgan fingerprint density at radius 1 is 0.889 bits per heavy atom. The number of nitrogens with zero attached hydrogens (tertiary/aromatic N) is 2. The first kappa shape index (κ1) is 17.0. The molecule has 5 heteroatoms. The number of fused-ring (bicyclic) bond motifs is 3. The highest BCUT2D eigenvalue weighted by Crippen LogP contribution is 2.40. The fourth-order valence-electron chi connectivity index (χ4n) is 4.41. The Hall–Kier alpha value is -2.14. The molecule has 2 aromatic heterocycles. The van der Waals surface area contributed by atoms with Crippen molar-refractivity contribution in [3.05, 3.63) is 40.8 Å². The van der Waals surface area contributed by atoms with Crippen LogP contribution in [0, 0.1) is 0 Å². The van der Waals surface area contributed by atoms with Crippen molar-refractivity contribution in [2.24, 2.45) is 0 Å². The molecule has 0 unspecified atom stereocenters. The Labute approximate surface area is 164 Å². The molecule has 3 aromatic rings. The monoisotopic (exact) mass is 378 g/mol. The van der Waals surface area contributed by atoms with Crippen molar-refractivity contribution in [3.63, 3.8) is 0 Å². The standard InChI is InChI=1S/C22H26N4S/c1-3-9-15(10-4-1)23-20-19-17-13-7-8-14-18(17)27-21(19)26-22(25-20)24-16-11-5-2-6-12-16/h2,5-6,11-12,15H,1,3-4,7-10,13-14H2,(H2,23,24,25,26). The van der Waals surface area contributed by atoms with Crippen LogP contribution in [0.2, 0.25) is 0 Å². The fraction of sp³-hybridized carbons (Fsp3) is 0.455. The number of hydrogen-bond donors (Lipinski definition) is 2. The molecule has 0 saturated heterocycles. The molecule has 1 fully saturated rings. The van der Waals surface area contributed by atoms with E-state index in [0.717, 1.165) is 16.3 Å². The average molecular weight is 379 g/mol. The second kappa shape index (κ2) is 7.47. The number of para-hydroxylation sites is 1. The first-order valence-electron chi connectivity index (χ1n) is 10.3. The third-order valence-electron chi connectivity index (χ3n) is 5.79. The van der Waals surface area contributed by atoms with Gasteiger partial charge in [-0.25, -0.2) is 4.98 Å². The summed E-state index contributed by atoms with van der Waals surface area (Å²) in [6.07, 6.45) is 11.5. The maximum absolute atomic E-state index is 4.94. The van der Waals surface area contributed by atoms with Gasteiger partial charge in [-0.2, -0.15) is 4.98 Å². The lowest BCUT2D eigenvalue weighted by Gasteiger charge is -2.24. The van der Waals surface area contributed by atoms with Crippen molar-refractivity contribution < 1.29 is 0 Å². The molecule has 0 radical (unpaired) electrons. The molecule has 0 amide bonds. The van der Waals surface area contributed by atoms with Gasteiger partial charge in [-0.1, -0.05) is 37.5 Å². The molecular weight excluding hydrogens is 352 g/mol. The van der Waals surface area contributed by atoms with Gasteiger partial charge in [0, 0.05) is 16.6 Å². The summed E-state index contributed by atoms with van der Waals surface area (Å²) in [7, 11) is 0. The van der Waals surface area contributed by atoms with E-state index in [1.807, 2.05) is 29.5 Å². The lowest BCUT2D eigenvalue weighted by molar-refractivity contribution is 0.462. The Bertz CT molecular complexity index is 928. The molecule has 2 aliphatic rings. The van der Waals surface area contributed by atoms with Gasteiger partial charge < -0.3 is 10.6 Å². The molecule has 27 heavy (non-hydrogen) atoms. The van der Waals surface area contributed by atoms with E-state index < -0.39 is 0 Å². The summed E-state index contributed by atoms with van der Waals surface area (Å²) in [4.78, 5) is 12.5. The highest BCUT2D eigenvalue weighted by atomic mass is 32.1. The summed E-state index contributed by atoms with van der Waals surface area (Å²) in [5.41, 5.74) is 2.53. The summed E-state index contributed by atoms with van der Waals surface area (Å²) in [6, 6.07) is 10.7. The van der Waals surface area contributed by atoms with Gasteiger partial charge in [-0.3, -0.25) is 0 Å². The van der Waals surface area contributed by atoms with Gasteiger partial charge in [0.05, 0.1) is 5.39 Å². The van der Waals surface area contributed by atoms with E-state index in [2.05, 4.69) is 22.8 Å². The lowest BCUT2D eigenvalue weighted by Crippen LogP contribution is -2.23. The van der Waals surface area contributed by atoms with Crippen molar-refractivity contribution in [1.29, 1.82) is 0 Å². The smallest absolute Gasteiger partial charge is 0.230 e. The minimum absolute atomic E-state index is 0.542. The number of rotatable bonds is 4. The number of aromatic nitrogens is 2. The summed E-state index contributed by atoms with van der Waals surface area (Å²) in [6.45, 7) is 0. The Balaban J connectivity index is 1.56. The normalized spacial score (nSPS) is 17.6. The van der Waals surface area contributed by atoms with Crippen molar-refractivity contribution in [2.45, 2.75) is 63.8 Å². The van der Waals surface area contributed by atoms with Crippen molar-refractivity contribution in [2.75, 3.05) is 10.6 Å². The molecular formula is C22H26N4S. The summed E-state index contributed by atoms with van der Waals surface area (Å²) >= 11 is 1.87. The largest absolute Gasteiger partial charge is 0.367 e. The van der Waals surface area contributed by atoms with Crippen molar-refractivity contribution >= 4 is 39.0 Å². The van der Waals surface area contributed by atoms with E-state index in [1.54, 1.807) is 0 Å². The zero-order chi connectivity index (χ0) is 18.1. The van der Waals surface area contributed by atoms with Gasteiger partial charge in [0.1, 0.15) is 10.6 Å². The molecule has 5 rings (SSSR count). The number of aryl methyl sites for hydroxylation is 2. The van der Waals surface area contributed by atoms with Crippen molar-refractivity contribution in [3.8, 4) is 0 Å². The highest BCUT2D eigenvalue weighted by molar-refractivity contribution is 7.19. The van der Waals surface area contributed by atoms with Crippen LogP contribution >= 0.6 is 11.3 Å². The minimum Gasteiger partial charge on any atom is -0.367 e. The molecule has 2 heterocycles. The highest BCUT2D eigenvalue weighted by Gasteiger charge is 2.23. The first-order valence-corrected chi connectivity index (χ1v) is 11.1. The van der Waals surface area contributed by atoms with Gasteiger partial charge in [-0.15, -0.1) is 11.3 Å². The predicted octanol–water partition coefficient (Wildman–Crippen LogP) is 6.06. The second-order valence-corrected chi connectivity index (χ2v) is 8.84. The van der Waals surface area contributed by atoms with Crippen LogP contribution in [-0.2, 0) is 12.8 Å². The molecule has 0 atom stereocenters. The third-order valence-corrected chi connectivity index (χ3v) is 6.98. The van der Waals surface area contributed by atoms with Crippen LogP contribution in [0.1, 0.15) is 55.4 Å². The lowest BCUT2D eigenvalue weighted by atomic mass is 9.94. The molecule has 140 valence electrons. The molecule has 0 spiro atoms. The molecule has 0 aliphatic heterocycles. The number of hydrogen-bond acceptors (Lipinski definition) is 5. The van der Waals surface area contributed by atoms with E-state index in [9.17, 15) is 0 Å². The average Bonchev–Trinajstić information content (AvgIpc) is 3.08. The van der Waals surface area contributed by atoms with Gasteiger partial charge in [-0.05, 0) is 56.2 Å². The molecule has 2 N–H and O–H groups in total. The molecule has 1 saturated carbocycles. The first-order chi connectivity index (χ1) is 13.4. The number of nitrogens with one attached hydrogen (secondary N) is 2. The topological polar surface area (TPSA) is 49.8 Å². The molecule has 1 aromatic carbocycles. The van der Waals surface area contributed by atoms with Crippen molar-refractivity contribution in [1.82, 2.24) is 9.97 Å². The second-order valence-electron chi connectivity index (χ2n) is 7.76. The Morgan fingerprint density at radius 3 is 2.56 bits per heavy atom. The Morgan fingerprint density at radius 2 is 1.70 bits per heavy atom. The van der Waals surface area contributed by atoms with Crippen LogP contribution in [0.3, 0.4) is 0 Å². The summed E-state index contributed by atoms with van der Waals surface area (Å²) < 4.78 is 0. The number of benzene rings is 1. The number of anilines is 3. The SMILES string of the molecule is c1ccc(Nc2nc(NC3CCCCC3)c3c4c(sc3n2)CCCC4)cc1. The molecule has 0 bridgehead atoms. The maximum atomic E-state index is 4.94. The third kappa shape index (κ3) is 3.53. The molecule has 4 nitrogen and oxygen atoms in total. The summed E-state index contributed by atoms with van der Waals surface area (Å²) in [5, 5.41) is 8.49. The molecule has 2 aliphatic carbocycles. The van der Waals surface area contributed by atoms with Crippen LogP contribution < -0.4 is 10.6 Å². The van der Waals surface area contributed by atoms with Crippen LogP contribution in [-0.4, -0.2) is 16.0 Å². The van der Waals surface area contributed by atoms with E-state index in [1.165, 1.54) is 73.6 Å². The quantitative estimate of drug-likeness (QED) is 0.579. The zero-order valence-corrected chi connectivity index (χ0v) is 16.4. The zero-order valence-electron chi connectivity index (χ0n) is 15.6. The summed E-state index contributed by atoms with van der Waals surface area (Å²) in [5.74, 6) is 1.75. The van der Waals surface area contributed by atoms with Gasteiger partial charge in [0.2, 0.25) is 5.95 Å². The fourth-order valence-corrected chi connectivity index (χ4v) is 5.67. The van der Waals surface area contributed by atoms with Gasteiger partial charge >= 0.3 is 0 Å². The van der Waals surface area contributed by atoms with Crippen LogP contribution in [0.4, 0.5) is 17.5 Å². The van der Waals surface area contributed by atoms with Crippen LogP contribution in [0.5, 0.6) is 0 Å². The van der Waals surface area contributed by atoms with Gasteiger partial charge in [0.15, 0.2) is 0 Å². The van der Waals surface area contributed by atoms with E-state index in [-0.39, 0.29) is 0 Å². The van der Waals surface area contributed by atoms with E-state index >= 15 is 0 Å². The van der Waals surface area contributed by atoms with Crippen LogP contribution in [0.15, 0.2) is 30.3 Å². The maximum Gasteiger partial charge on any atom is 0.230 e. The van der Waals surface area contributed by atoms with Gasteiger partial charge in [0.25, 0.3) is 0 Å². The Kier molecular flexibility index (Phi) is 4.70. The van der Waals surface area contributed by atoms with Crippen LogP contribution in [0.25, 0.3) is 10.2 Å². The number of thiophene rings is 1. The predicted molar refractivity (Wildman–Crippen MR) is 114 cm³/mol. The minimum atomic E-state index is 0.542. The van der Waals surface area contributed by atoms with E-state index in [4.69, 9.17) is 9.97 Å².